The topological polar surface area (TPSA) is 56.6 Å². The number of nitrogens with one attached hydrogen (secondary N) is 1. The number of nitrogens with zero attached hydrogens (tertiary/aromatic N) is 1. The molecule has 0 radical (unpaired) electrons. The van der Waals surface area contributed by atoms with Crippen molar-refractivity contribution >= 4 is 0 Å². The van der Waals surface area contributed by atoms with Gasteiger partial charge in [-0.05, 0) is 12.0 Å². The Morgan fingerprint density at radius 2 is 2.23 bits per heavy atom. The summed E-state index contributed by atoms with van der Waals surface area (Å²) in [5.74, 6) is 0.309. The molecule has 68 valence electrons. The maximum Gasteiger partial charge on any atom is 0.252 e. The fourth-order valence-electron chi connectivity index (χ4n) is 1.08. The Balaban J connectivity index is 3.08. The highest BCUT2D eigenvalue weighted by atomic mass is 16.1. The van der Waals surface area contributed by atoms with E-state index in [9.17, 15) is 4.79 Å². The van der Waals surface area contributed by atoms with Crippen LogP contribution in [0.25, 0.3) is 0 Å². The van der Waals surface area contributed by atoms with Crippen molar-refractivity contribution in [3.8, 4) is 6.07 Å². The molecule has 0 aromatic carbocycles. The minimum absolute atomic E-state index is 0.146. The molecule has 0 fully saturated rings. The molecule has 0 aliphatic heterocycles. The molecule has 0 bridgehead atoms. The van der Waals surface area contributed by atoms with Gasteiger partial charge in [-0.1, -0.05) is 19.9 Å². The van der Waals surface area contributed by atoms with E-state index >= 15 is 0 Å². The summed E-state index contributed by atoms with van der Waals surface area (Å²) in [4.78, 5) is 14.1. The van der Waals surface area contributed by atoms with Crippen molar-refractivity contribution in [2.75, 3.05) is 0 Å². The van der Waals surface area contributed by atoms with Gasteiger partial charge >= 0.3 is 0 Å². The molecular formula is C10H12N2O. The lowest BCUT2D eigenvalue weighted by molar-refractivity contribution is 0.812. The molecule has 0 amide bonds. The lowest BCUT2D eigenvalue weighted by Gasteiger charge is -2.04. The standard InChI is InChI=1S/C10H12N2O/c1-7(2)9-4-3-8(5-6-11)10(13)12-9/h3-4,7H,5H2,1-2H3,(H,12,13). The second-order valence-electron chi connectivity index (χ2n) is 3.26. The first-order chi connectivity index (χ1) is 6.15. The van der Waals surface area contributed by atoms with Crippen LogP contribution in [-0.2, 0) is 6.42 Å². The molecule has 3 heteroatoms. The summed E-state index contributed by atoms with van der Waals surface area (Å²) < 4.78 is 0. The van der Waals surface area contributed by atoms with Gasteiger partial charge < -0.3 is 4.98 Å². The largest absolute Gasteiger partial charge is 0.326 e. The minimum atomic E-state index is -0.146. The Kier molecular flexibility index (Phi) is 2.86. The highest BCUT2D eigenvalue weighted by Gasteiger charge is 2.02. The maximum absolute atomic E-state index is 11.3. The second kappa shape index (κ2) is 3.90. The van der Waals surface area contributed by atoms with E-state index in [0.29, 0.717) is 11.5 Å². The average molecular weight is 176 g/mol. The van der Waals surface area contributed by atoms with E-state index in [-0.39, 0.29) is 12.0 Å². The number of pyridine rings is 1. The van der Waals surface area contributed by atoms with Gasteiger partial charge in [-0.15, -0.1) is 0 Å². The van der Waals surface area contributed by atoms with Crippen molar-refractivity contribution in [3.63, 3.8) is 0 Å². The molecule has 1 N–H and O–H groups in total. The molecule has 13 heavy (non-hydrogen) atoms. The van der Waals surface area contributed by atoms with E-state index < -0.39 is 0 Å². The Morgan fingerprint density at radius 1 is 1.54 bits per heavy atom. The number of H-pyrrole nitrogens is 1. The van der Waals surface area contributed by atoms with Crippen LogP contribution in [0.3, 0.4) is 0 Å². The number of aromatic nitrogens is 1. The molecule has 1 rings (SSSR count). The van der Waals surface area contributed by atoms with Crippen molar-refractivity contribution in [3.05, 3.63) is 33.7 Å². The van der Waals surface area contributed by atoms with Crippen molar-refractivity contribution in [2.24, 2.45) is 0 Å². The first-order valence-electron chi connectivity index (χ1n) is 4.24. The van der Waals surface area contributed by atoms with Crippen LogP contribution in [0.1, 0.15) is 31.0 Å². The molecule has 0 aliphatic carbocycles. The summed E-state index contributed by atoms with van der Waals surface area (Å²) >= 11 is 0. The number of rotatable bonds is 2. The summed E-state index contributed by atoms with van der Waals surface area (Å²) in [6.45, 7) is 4.02. The normalized spacial score (nSPS) is 10.0. The van der Waals surface area contributed by atoms with E-state index in [0.717, 1.165) is 5.69 Å². The monoisotopic (exact) mass is 176 g/mol. The van der Waals surface area contributed by atoms with Crippen molar-refractivity contribution in [1.82, 2.24) is 4.98 Å². The smallest absolute Gasteiger partial charge is 0.252 e. The fourth-order valence-corrected chi connectivity index (χ4v) is 1.08. The van der Waals surface area contributed by atoms with E-state index in [1.165, 1.54) is 0 Å². The van der Waals surface area contributed by atoms with Gasteiger partial charge in [0, 0.05) is 11.3 Å². The number of hydrogen-bond acceptors (Lipinski definition) is 2. The van der Waals surface area contributed by atoms with E-state index in [2.05, 4.69) is 4.98 Å². The van der Waals surface area contributed by atoms with Gasteiger partial charge in [0.15, 0.2) is 0 Å². The lowest BCUT2D eigenvalue weighted by atomic mass is 10.1. The van der Waals surface area contributed by atoms with Crippen LogP contribution in [0.5, 0.6) is 0 Å². The predicted octanol–water partition coefficient (Wildman–Crippen LogP) is 1.56. The molecular weight excluding hydrogens is 164 g/mol. The van der Waals surface area contributed by atoms with Gasteiger partial charge in [-0.2, -0.15) is 5.26 Å². The van der Waals surface area contributed by atoms with Gasteiger partial charge in [0.25, 0.3) is 5.56 Å². The Hall–Kier alpha value is -1.56. The van der Waals surface area contributed by atoms with Gasteiger partial charge in [0.2, 0.25) is 0 Å². The van der Waals surface area contributed by atoms with Crippen molar-refractivity contribution in [2.45, 2.75) is 26.2 Å². The van der Waals surface area contributed by atoms with Gasteiger partial charge in [0.1, 0.15) is 0 Å². The van der Waals surface area contributed by atoms with Crippen LogP contribution in [-0.4, -0.2) is 4.98 Å². The van der Waals surface area contributed by atoms with Gasteiger partial charge in [0.05, 0.1) is 12.5 Å². The zero-order chi connectivity index (χ0) is 9.84. The predicted molar refractivity (Wildman–Crippen MR) is 50.5 cm³/mol. The third-order valence-electron chi connectivity index (χ3n) is 1.91. The molecule has 0 atom stereocenters. The Labute approximate surface area is 77.0 Å². The molecule has 1 aromatic rings. The van der Waals surface area contributed by atoms with Crippen molar-refractivity contribution < 1.29 is 0 Å². The molecule has 3 nitrogen and oxygen atoms in total. The first-order valence-corrected chi connectivity index (χ1v) is 4.24. The van der Waals surface area contributed by atoms with Gasteiger partial charge in [-0.25, -0.2) is 0 Å². The fraction of sp³-hybridized carbons (Fsp3) is 0.400. The zero-order valence-electron chi connectivity index (χ0n) is 7.79. The summed E-state index contributed by atoms with van der Waals surface area (Å²) in [7, 11) is 0. The highest BCUT2D eigenvalue weighted by Crippen LogP contribution is 2.08. The highest BCUT2D eigenvalue weighted by molar-refractivity contribution is 5.18. The third-order valence-corrected chi connectivity index (χ3v) is 1.91. The minimum Gasteiger partial charge on any atom is -0.326 e. The summed E-state index contributed by atoms with van der Waals surface area (Å²) in [5.41, 5.74) is 1.30. The molecule has 0 spiro atoms. The van der Waals surface area contributed by atoms with Crippen LogP contribution >= 0.6 is 0 Å². The van der Waals surface area contributed by atoms with Crippen LogP contribution in [0, 0.1) is 11.3 Å². The van der Waals surface area contributed by atoms with Crippen LogP contribution in [0.15, 0.2) is 16.9 Å². The molecule has 1 aromatic heterocycles. The summed E-state index contributed by atoms with van der Waals surface area (Å²) in [6, 6.07) is 5.53. The molecule has 0 unspecified atom stereocenters. The number of hydrogen-bond donors (Lipinski definition) is 1. The van der Waals surface area contributed by atoms with Crippen LogP contribution in [0.2, 0.25) is 0 Å². The molecule has 1 heterocycles. The second-order valence-corrected chi connectivity index (χ2v) is 3.26. The molecule has 0 aliphatic rings. The average Bonchev–Trinajstić information content (AvgIpc) is 2.08. The maximum atomic E-state index is 11.3. The van der Waals surface area contributed by atoms with E-state index in [1.54, 1.807) is 6.07 Å². The Bertz CT molecular complexity index is 385. The molecule has 0 saturated heterocycles. The van der Waals surface area contributed by atoms with E-state index in [4.69, 9.17) is 5.26 Å². The SMILES string of the molecule is CC(C)c1ccc(CC#N)c(=O)[nH]1. The number of aromatic amines is 1. The van der Waals surface area contributed by atoms with Crippen molar-refractivity contribution in [1.29, 1.82) is 5.26 Å². The molecule has 0 saturated carbocycles. The summed E-state index contributed by atoms with van der Waals surface area (Å²) in [5, 5.41) is 8.42. The first kappa shape index (κ1) is 9.53. The number of nitriles is 1. The van der Waals surface area contributed by atoms with Crippen LogP contribution < -0.4 is 5.56 Å². The third kappa shape index (κ3) is 2.19. The zero-order valence-corrected chi connectivity index (χ0v) is 7.79. The van der Waals surface area contributed by atoms with Crippen LogP contribution in [0.4, 0.5) is 0 Å². The van der Waals surface area contributed by atoms with Gasteiger partial charge in [-0.3, -0.25) is 4.79 Å². The Morgan fingerprint density at radius 3 is 2.69 bits per heavy atom. The summed E-state index contributed by atoms with van der Waals surface area (Å²) in [6.07, 6.45) is 0.174. The van der Waals surface area contributed by atoms with E-state index in [1.807, 2.05) is 26.0 Å². The quantitative estimate of drug-likeness (QED) is 0.743. The lowest BCUT2D eigenvalue weighted by Crippen LogP contribution is -2.14.